The topological polar surface area (TPSA) is 145 Å². The molecule has 0 amide bonds. The normalized spacial score (nSPS) is 36.7. The van der Waals surface area contributed by atoms with Crippen LogP contribution in [-0.4, -0.2) is 164 Å². The van der Waals surface area contributed by atoms with Gasteiger partial charge in [-0.25, -0.2) is 0 Å². The van der Waals surface area contributed by atoms with E-state index in [4.69, 9.17) is 55.3 Å². The van der Waals surface area contributed by atoms with E-state index in [2.05, 4.69) is 196 Å². The number of ketones is 1. The second kappa shape index (κ2) is 28.7. The maximum Gasteiger partial charge on any atom is 0.308 e. The molecule has 9 aliphatic heterocycles. The molecule has 0 spiro atoms. The molecule has 19 heteroatoms. The standard InChI is InChI=1S/C72H132O14Si5/c1-45-40-51-33-36-53-46(2)41-50(76-53)32-30-49(73)31-35-56(83-88(22,23)69(8,9)10)65-67(86-91(28,29)72(17,18)19)66(85-90(26,27)71(14,15)16)64-55(81-65)37-34-52(78-64)42-61(74)82-63-48(4)62-60(79-59(63)43-57(77-51)47(45)3)44-58(84-89(24,25)70(11,12)13)54(80-62)38-39-75-87(20,21)68(5,6)7/h31,35,45,48,50-60,62-67H,2-3,30,32-34,36-44H2,1,4-29H3/b35-31-/t45-,48+,50+,51+,52-,53+,54-,55+,56+,57-,58-,59+,60+,62+,63-,64-,65+,66+,67-/m1/s1. The Morgan fingerprint density at radius 2 is 1.01 bits per heavy atom. The number of rotatable bonds is 12. The molecule has 91 heavy (non-hydrogen) atoms. The van der Waals surface area contributed by atoms with Gasteiger partial charge in [0.2, 0.25) is 0 Å². The van der Waals surface area contributed by atoms with Gasteiger partial charge in [0, 0.05) is 31.8 Å². The number of fused-ring (bicyclic) bond motifs is 3. The van der Waals surface area contributed by atoms with E-state index in [1.807, 2.05) is 6.08 Å². The lowest BCUT2D eigenvalue weighted by atomic mass is 9.79. The van der Waals surface area contributed by atoms with E-state index in [0.29, 0.717) is 58.0 Å². The Labute approximate surface area is 559 Å². The molecule has 0 saturated carbocycles. The number of hydrogen-bond donors (Lipinski definition) is 0. The van der Waals surface area contributed by atoms with Crippen molar-refractivity contribution < 1.29 is 64.9 Å². The average molecular weight is 1360 g/mol. The van der Waals surface area contributed by atoms with Gasteiger partial charge in [-0.05, 0) is 165 Å². The first kappa shape index (κ1) is 77.4. The molecule has 0 aliphatic carbocycles. The van der Waals surface area contributed by atoms with E-state index < -0.39 is 96.5 Å². The van der Waals surface area contributed by atoms with E-state index >= 15 is 4.79 Å². The summed E-state index contributed by atoms with van der Waals surface area (Å²) in [6.07, 6.45) is 3.60. The molecule has 9 aliphatic rings. The molecule has 9 heterocycles. The van der Waals surface area contributed by atoms with Crippen molar-refractivity contribution >= 4 is 53.3 Å². The van der Waals surface area contributed by atoms with Crippen molar-refractivity contribution in [2.24, 2.45) is 11.8 Å². The van der Waals surface area contributed by atoms with Gasteiger partial charge in [0.1, 0.15) is 30.5 Å². The van der Waals surface area contributed by atoms with Gasteiger partial charge in [-0.3, -0.25) is 9.59 Å². The molecule has 0 aromatic carbocycles. The lowest BCUT2D eigenvalue weighted by molar-refractivity contribution is -0.275. The lowest BCUT2D eigenvalue weighted by Crippen LogP contribution is -2.69. The van der Waals surface area contributed by atoms with Gasteiger partial charge in [0.25, 0.3) is 0 Å². The minimum absolute atomic E-state index is 0.00959. The highest BCUT2D eigenvalue weighted by Crippen LogP contribution is 2.50. The van der Waals surface area contributed by atoms with Crippen molar-refractivity contribution in [3.8, 4) is 0 Å². The summed E-state index contributed by atoms with van der Waals surface area (Å²) in [4.78, 5) is 29.6. The van der Waals surface area contributed by atoms with Gasteiger partial charge in [-0.1, -0.05) is 137 Å². The van der Waals surface area contributed by atoms with Crippen LogP contribution in [0.2, 0.25) is 90.7 Å². The SMILES string of the molecule is C=C1C[C@@H]2CCC(=O)/C=C\[C@H](O[Si](C)(C)C(C)(C)C)[C@@H]3O[C@H]4CC[C@H](CC(=O)O[C@@H]5[C@@H](C)[C@@H]6O[C@H](CCO[Si](C)(C)C(C)(C)C)[C@H](O[Si](C)(C)C(C)(C)C)C[C@@H]6O[C@H]5C[C@H]5O[C@@H](CC[C@@H]1O2)C[C@@H](C)C5=C)O[C@H]4[C@H](O[Si](C)(C)C(C)(C)C)[C@@H]3O[Si](C)(C)C(C)(C)C. The summed E-state index contributed by atoms with van der Waals surface area (Å²) in [5.74, 6) is -0.400. The highest BCUT2D eigenvalue weighted by molar-refractivity contribution is 6.76. The van der Waals surface area contributed by atoms with Gasteiger partial charge in [0.05, 0.1) is 79.7 Å². The second-order valence-corrected chi connectivity index (χ2v) is 60.5. The minimum Gasteiger partial charge on any atom is -0.459 e. The molecule has 6 fully saturated rings. The van der Waals surface area contributed by atoms with E-state index in [1.165, 1.54) is 0 Å². The number of allylic oxidation sites excluding steroid dienone is 1. The summed E-state index contributed by atoms with van der Waals surface area (Å²) < 4.78 is 87.9. The maximum absolute atomic E-state index is 15.3. The molecular weight excluding hydrogens is 1230 g/mol. The predicted octanol–water partition coefficient (Wildman–Crippen LogP) is 17.3. The zero-order chi connectivity index (χ0) is 68.4. The number of carbonyl (C=O) groups excluding carboxylic acids is 2. The summed E-state index contributed by atoms with van der Waals surface area (Å²) in [5, 5.41) is -0.477. The molecule has 524 valence electrons. The molecular formula is C72H132O14Si5. The van der Waals surface area contributed by atoms with Crippen LogP contribution in [0.4, 0.5) is 0 Å². The molecule has 9 rings (SSSR count). The molecule has 0 aromatic rings. The van der Waals surface area contributed by atoms with Crippen LogP contribution in [0.3, 0.4) is 0 Å². The smallest absolute Gasteiger partial charge is 0.308 e. The van der Waals surface area contributed by atoms with E-state index in [1.54, 1.807) is 6.08 Å². The predicted molar refractivity (Wildman–Crippen MR) is 379 cm³/mol. The van der Waals surface area contributed by atoms with Gasteiger partial charge in [-0.15, -0.1) is 0 Å². The summed E-state index contributed by atoms with van der Waals surface area (Å²) in [6, 6.07) is 0. The van der Waals surface area contributed by atoms with Crippen LogP contribution in [0, 0.1) is 11.8 Å². The molecule has 0 N–H and O–H groups in total. The Hall–Kier alpha value is -0.996. The van der Waals surface area contributed by atoms with Crippen LogP contribution in [0.5, 0.6) is 0 Å². The zero-order valence-electron chi connectivity index (χ0n) is 62.4. The largest absolute Gasteiger partial charge is 0.459 e. The van der Waals surface area contributed by atoms with Crippen molar-refractivity contribution in [1.82, 2.24) is 0 Å². The number of carbonyl (C=O) groups is 2. The summed E-state index contributed by atoms with van der Waals surface area (Å²) in [5.41, 5.74) is 2.09. The number of hydrogen-bond acceptors (Lipinski definition) is 14. The fraction of sp³-hybridized carbons (Fsp3) is 0.889. The summed E-state index contributed by atoms with van der Waals surface area (Å²) in [7, 11) is -12.1. The molecule has 8 bridgehead atoms. The Morgan fingerprint density at radius 1 is 0.495 bits per heavy atom. The van der Waals surface area contributed by atoms with Crippen molar-refractivity contribution in [2.45, 2.75) is 389 Å². The third kappa shape index (κ3) is 18.5. The van der Waals surface area contributed by atoms with Crippen molar-refractivity contribution in [3.05, 3.63) is 36.5 Å². The zero-order valence-corrected chi connectivity index (χ0v) is 67.4. The Bertz CT molecular complexity index is 2530. The maximum atomic E-state index is 15.3. The van der Waals surface area contributed by atoms with Crippen LogP contribution in [-0.2, 0) is 64.9 Å². The van der Waals surface area contributed by atoms with Crippen LogP contribution in [0.1, 0.15) is 195 Å². The third-order valence-electron chi connectivity index (χ3n) is 24.4. The van der Waals surface area contributed by atoms with Gasteiger partial charge < -0.3 is 55.3 Å². The van der Waals surface area contributed by atoms with Gasteiger partial charge in [0.15, 0.2) is 47.4 Å². The van der Waals surface area contributed by atoms with Gasteiger partial charge in [-0.2, -0.15) is 0 Å². The van der Waals surface area contributed by atoms with Crippen LogP contribution < -0.4 is 0 Å². The third-order valence-corrected chi connectivity index (χ3v) is 46.9. The Balaban J connectivity index is 1.30. The number of esters is 1. The average Bonchev–Trinajstić information content (AvgIpc) is 1.09. The quantitative estimate of drug-likeness (QED) is 0.104. The van der Waals surface area contributed by atoms with E-state index in [9.17, 15) is 4.79 Å². The minimum atomic E-state index is -2.62. The molecule has 6 saturated heterocycles. The van der Waals surface area contributed by atoms with Crippen LogP contribution >= 0.6 is 0 Å². The van der Waals surface area contributed by atoms with Gasteiger partial charge >= 0.3 is 5.97 Å². The fourth-order valence-electron chi connectivity index (χ4n) is 13.1. The number of ether oxygens (including phenoxy) is 7. The monoisotopic (exact) mass is 1360 g/mol. The molecule has 19 atom stereocenters. The Morgan fingerprint density at radius 3 is 1.59 bits per heavy atom. The lowest BCUT2D eigenvalue weighted by Gasteiger charge is -2.56. The molecule has 0 aromatic heterocycles. The fourth-order valence-corrected chi connectivity index (χ4v) is 19.4. The highest BCUT2D eigenvalue weighted by atomic mass is 28.4. The molecule has 0 unspecified atom stereocenters. The van der Waals surface area contributed by atoms with Crippen LogP contribution in [0.15, 0.2) is 36.5 Å². The summed E-state index contributed by atoms with van der Waals surface area (Å²) in [6.45, 7) is 71.1. The Kier molecular flexibility index (Phi) is 24.4. The van der Waals surface area contributed by atoms with Crippen molar-refractivity contribution in [1.29, 1.82) is 0 Å². The summed E-state index contributed by atoms with van der Waals surface area (Å²) >= 11 is 0. The second-order valence-electron chi connectivity index (χ2n) is 36.6. The first-order chi connectivity index (χ1) is 41.4. The van der Waals surface area contributed by atoms with Crippen molar-refractivity contribution in [2.75, 3.05) is 6.61 Å². The first-order valence-electron chi connectivity index (χ1n) is 35.5. The van der Waals surface area contributed by atoms with E-state index in [0.717, 1.165) is 30.4 Å². The molecule has 0 radical (unpaired) electrons. The van der Waals surface area contributed by atoms with Crippen LogP contribution in [0.25, 0.3) is 0 Å². The van der Waals surface area contributed by atoms with E-state index in [-0.39, 0.29) is 104 Å². The van der Waals surface area contributed by atoms with Crippen molar-refractivity contribution in [3.63, 3.8) is 0 Å². The highest BCUT2D eigenvalue weighted by Gasteiger charge is 2.59. The first-order valence-corrected chi connectivity index (χ1v) is 50.0. The molecule has 14 nitrogen and oxygen atoms in total.